The van der Waals surface area contributed by atoms with Crippen molar-refractivity contribution in [3.05, 3.63) is 35.4 Å². The first-order valence-corrected chi connectivity index (χ1v) is 8.64. The molecule has 0 spiro atoms. The number of methoxy groups -OCH3 is 2. The molecule has 6 nitrogen and oxygen atoms in total. The average Bonchev–Trinajstić information content (AvgIpc) is 2.59. The fraction of sp³-hybridized carbons (Fsp3) is 0.550. The number of carbonyl (C=O) groups is 3. The van der Waals surface area contributed by atoms with E-state index in [9.17, 15) is 19.5 Å². The Morgan fingerprint density at radius 2 is 1.65 bits per heavy atom. The summed E-state index contributed by atoms with van der Waals surface area (Å²) in [5, 5.41) is 10.8. The van der Waals surface area contributed by atoms with Gasteiger partial charge in [0.15, 0.2) is 5.78 Å². The summed E-state index contributed by atoms with van der Waals surface area (Å²) in [5.74, 6) is -4.57. The summed E-state index contributed by atoms with van der Waals surface area (Å²) in [5.41, 5.74) is 0.0937. The highest BCUT2D eigenvalue weighted by molar-refractivity contribution is 6.02. The highest BCUT2D eigenvalue weighted by atomic mass is 16.5. The standard InChI is InChI=1S/C20H26O6/c1-11(2)12-6-8-13(9-7-12)15-16(18(22)25-4)14(21)10-20(3,24)17(15)19(23)26-5/h6-9,11,15-17,24H,10H2,1-5H3/t15-,16+,17+,20+/m0/s1. The fourth-order valence-corrected chi connectivity index (χ4v) is 3.77. The second kappa shape index (κ2) is 7.58. The Bertz CT molecular complexity index is 689. The molecule has 142 valence electrons. The molecule has 0 amide bonds. The van der Waals surface area contributed by atoms with Gasteiger partial charge in [-0.15, -0.1) is 0 Å². The predicted octanol–water partition coefficient (Wildman–Crippen LogP) is 2.20. The zero-order chi connectivity index (χ0) is 19.6. The van der Waals surface area contributed by atoms with E-state index in [4.69, 9.17) is 9.47 Å². The van der Waals surface area contributed by atoms with Crippen molar-refractivity contribution < 1.29 is 29.0 Å². The van der Waals surface area contributed by atoms with Gasteiger partial charge in [0, 0.05) is 12.3 Å². The van der Waals surface area contributed by atoms with Gasteiger partial charge in [-0.1, -0.05) is 38.1 Å². The molecule has 1 aromatic carbocycles. The molecule has 0 aliphatic heterocycles. The van der Waals surface area contributed by atoms with Crippen LogP contribution in [-0.4, -0.2) is 42.6 Å². The Morgan fingerprint density at radius 3 is 2.12 bits per heavy atom. The van der Waals surface area contributed by atoms with E-state index >= 15 is 0 Å². The number of benzene rings is 1. The van der Waals surface area contributed by atoms with Gasteiger partial charge in [0.2, 0.25) is 0 Å². The number of hydrogen-bond donors (Lipinski definition) is 1. The summed E-state index contributed by atoms with van der Waals surface area (Å²) in [6.07, 6.45) is -0.312. The number of aliphatic hydroxyl groups is 1. The van der Waals surface area contributed by atoms with Gasteiger partial charge >= 0.3 is 11.9 Å². The van der Waals surface area contributed by atoms with Crippen molar-refractivity contribution >= 4 is 17.7 Å². The molecule has 0 bridgehead atoms. The summed E-state index contributed by atoms with van der Waals surface area (Å²) in [6.45, 7) is 5.53. The maximum absolute atomic E-state index is 12.6. The third-order valence-corrected chi connectivity index (χ3v) is 5.17. The molecule has 1 fully saturated rings. The van der Waals surface area contributed by atoms with Crippen LogP contribution in [0, 0.1) is 11.8 Å². The van der Waals surface area contributed by atoms with Crippen LogP contribution in [0.4, 0.5) is 0 Å². The maximum Gasteiger partial charge on any atom is 0.316 e. The van der Waals surface area contributed by atoms with E-state index in [0.29, 0.717) is 11.5 Å². The topological polar surface area (TPSA) is 89.9 Å². The molecule has 1 aromatic rings. The van der Waals surface area contributed by atoms with E-state index in [-0.39, 0.29) is 6.42 Å². The molecule has 6 heteroatoms. The minimum absolute atomic E-state index is 0.312. The van der Waals surface area contributed by atoms with Crippen LogP contribution in [0.2, 0.25) is 0 Å². The van der Waals surface area contributed by atoms with Crippen molar-refractivity contribution in [3.8, 4) is 0 Å². The van der Waals surface area contributed by atoms with Gasteiger partial charge in [0.25, 0.3) is 0 Å². The molecular formula is C20H26O6. The third kappa shape index (κ3) is 3.65. The first kappa shape index (κ1) is 20.1. The molecule has 0 aromatic heterocycles. The minimum atomic E-state index is -1.61. The Kier molecular flexibility index (Phi) is 5.86. The number of carbonyl (C=O) groups excluding carboxylic acids is 3. The van der Waals surface area contributed by atoms with E-state index in [1.165, 1.54) is 21.1 Å². The van der Waals surface area contributed by atoms with Gasteiger partial charge in [0.05, 0.1) is 25.7 Å². The summed E-state index contributed by atoms with van der Waals surface area (Å²) in [7, 11) is 2.43. The average molecular weight is 362 g/mol. The van der Waals surface area contributed by atoms with Crippen LogP contribution in [0.1, 0.15) is 50.2 Å². The molecule has 1 aliphatic carbocycles. The Labute approximate surface area is 153 Å². The summed E-state index contributed by atoms with van der Waals surface area (Å²) >= 11 is 0. The molecule has 0 radical (unpaired) electrons. The smallest absolute Gasteiger partial charge is 0.316 e. The molecular weight excluding hydrogens is 336 g/mol. The van der Waals surface area contributed by atoms with Crippen molar-refractivity contribution in [2.24, 2.45) is 11.8 Å². The summed E-state index contributed by atoms with van der Waals surface area (Å²) < 4.78 is 9.68. The molecule has 1 aliphatic rings. The molecule has 4 atom stereocenters. The van der Waals surface area contributed by atoms with Gasteiger partial charge in [-0.05, 0) is 24.0 Å². The van der Waals surface area contributed by atoms with Crippen LogP contribution in [0.5, 0.6) is 0 Å². The number of rotatable bonds is 4. The van der Waals surface area contributed by atoms with Crippen molar-refractivity contribution in [1.82, 2.24) is 0 Å². The van der Waals surface area contributed by atoms with Crippen LogP contribution >= 0.6 is 0 Å². The molecule has 1 saturated carbocycles. The van der Waals surface area contributed by atoms with Crippen LogP contribution in [-0.2, 0) is 23.9 Å². The number of esters is 2. The Balaban J connectivity index is 2.61. The van der Waals surface area contributed by atoms with E-state index in [1.807, 2.05) is 12.1 Å². The SMILES string of the molecule is COC(=O)[C@@H]1C(=O)C[C@@](C)(O)[C@@H](C(=O)OC)[C@H]1c1ccc(C(C)C)cc1. The van der Waals surface area contributed by atoms with Crippen LogP contribution in [0.3, 0.4) is 0 Å². The van der Waals surface area contributed by atoms with Gasteiger partial charge in [-0.3, -0.25) is 14.4 Å². The van der Waals surface area contributed by atoms with Crippen LogP contribution in [0.25, 0.3) is 0 Å². The number of ether oxygens (including phenoxy) is 2. The predicted molar refractivity (Wildman–Crippen MR) is 94.5 cm³/mol. The van der Waals surface area contributed by atoms with Gasteiger partial charge in [-0.2, -0.15) is 0 Å². The van der Waals surface area contributed by atoms with Crippen molar-refractivity contribution in [3.63, 3.8) is 0 Å². The summed E-state index contributed by atoms with van der Waals surface area (Å²) in [4.78, 5) is 37.4. The third-order valence-electron chi connectivity index (χ3n) is 5.17. The quantitative estimate of drug-likeness (QED) is 0.652. The highest BCUT2D eigenvalue weighted by Crippen LogP contribution is 2.46. The zero-order valence-electron chi connectivity index (χ0n) is 15.8. The second-order valence-electron chi connectivity index (χ2n) is 7.35. The molecule has 0 saturated heterocycles. The second-order valence-corrected chi connectivity index (χ2v) is 7.35. The highest BCUT2D eigenvalue weighted by Gasteiger charge is 2.56. The number of hydrogen-bond acceptors (Lipinski definition) is 6. The lowest BCUT2D eigenvalue weighted by Crippen LogP contribution is -2.55. The van der Waals surface area contributed by atoms with Crippen molar-refractivity contribution in [1.29, 1.82) is 0 Å². The lowest BCUT2D eigenvalue weighted by Gasteiger charge is -2.43. The molecule has 1 N–H and O–H groups in total. The Morgan fingerprint density at radius 1 is 1.12 bits per heavy atom. The number of ketones is 1. The molecule has 2 rings (SSSR count). The summed E-state index contributed by atoms with van der Waals surface area (Å²) in [6, 6.07) is 7.38. The monoisotopic (exact) mass is 362 g/mol. The lowest BCUT2D eigenvalue weighted by atomic mass is 9.61. The Hall–Kier alpha value is -2.21. The van der Waals surface area contributed by atoms with Crippen molar-refractivity contribution in [2.45, 2.75) is 44.6 Å². The van der Waals surface area contributed by atoms with E-state index in [1.54, 1.807) is 12.1 Å². The first-order chi connectivity index (χ1) is 12.1. The lowest BCUT2D eigenvalue weighted by molar-refractivity contribution is -0.170. The van der Waals surface area contributed by atoms with Crippen molar-refractivity contribution in [2.75, 3.05) is 14.2 Å². The normalized spacial score (nSPS) is 28.7. The molecule has 0 heterocycles. The molecule has 0 unspecified atom stereocenters. The van der Waals surface area contributed by atoms with E-state index in [0.717, 1.165) is 5.56 Å². The van der Waals surface area contributed by atoms with Crippen LogP contribution in [0.15, 0.2) is 24.3 Å². The largest absolute Gasteiger partial charge is 0.469 e. The first-order valence-electron chi connectivity index (χ1n) is 8.64. The minimum Gasteiger partial charge on any atom is -0.469 e. The fourth-order valence-electron chi connectivity index (χ4n) is 3.77. The van der Waals surface area contributed by atoms with E-state index in [2.05, 4.69) is 13.8 Å². The number of Topliss-reactive ketones (excluding diaryl/α,β-unsaturated/α-hetero) is 1. The maximum atomic E-state index is 12.6. The zero-order valence-corrected chi connectivity index (χ0v) is 15.8. The van der Waals surface area contributed by atoms with Gasteiger partial charge in [0.1, 0.15) is 5.92 Å². The van der Waals surface area contributed by atoms with Crippen LogP contribution < -0.4 is 0 Å². The molecule has 26 heavy (non-hydrogen) atoms. The van der Waals surface area contributed by atoms with Gasteiger partial charge < -0.3 is 14.6 Å². The van der Waals surface area contributed by atoms with E-state index < -0.39 is 41.1 Å². The van der Waals surface area contributed by atoms with Gasteiger partial charge in [-0.25, -0.2) is 0 Å².